The highest BCUT2D eigenvalue weighted by atomic mass is 16.5. The zero-order chi connectivity index (χ0) is 21.8. The number of aliphatic hydroxyl groups excluding tert-OH is 1. The van der Waals surface area contributed by atoms with Gasteiger partial charge in [0, 0.05) is 30.7 Å². The highest BCUT2D eigenvalue weighted by Gasteiger charge is 2.46. The molecule has 1 fully saturated rings. The molecule has 0 aliphatic carbocycles. The van der Waals surface area contributed by atoms with E-state index >= 15 is 0 Å². The molecule has 0 spiro atoms. The van der Waals surface area contributed by atoms with Gasteiger partial charge < -0.3 is 14.7 Å². The number of amides is 1. The Balaban J connectivity index is 1.83. The molecule has 2 aromatic heterocycles. The molecule has 0 bridgehead atoms. The molecule has 1 unspecified atom stereocenters. The summed E-state index contributed by atoms with van der Waals surface area (Å²) in [6.45, 7) is 2.51. The fraction of sp³-hybridized carbons (Fsp3) is 0.167. The summed E-state index contributed by atoms with van der Waals surface area (Å²) < 4.78 is 5.50. The third-order valence-electron chi connectivity index (χ3n) is 5.03. The molecule has 1 aromatic carbocycles. The molecule has 0 radical (unpaired) electrons. The van der Waals surface area contributed by atoms with Crippen LogP contribution < -0.4 is 4.74 Å². The van der Waals surface area contributed by atoms with E-state index in [2.05, 4.69) is 9.97 Å². The summed E-state index contributed by atoms with van der Waals surface area (Å²) in [5, 5.41) is 11.1. The maximum absolute atomic E-state index is 13.0. The molecule has 7 nitrogen and oxygen atoms in total. The summed E-state index contributed by atoms with van der Waals surface area (Å²) in [5.41, 5.74) is 1.72. The third kappa shape index (κ3) is 4.02. The number of ether oxygens (including phenoxy) is 1. The predicted molar refractivity (Wildman–Crippen MR) is 114 cm³/mol. The van der Waals surface area contributed by atoms with Gasteiger partial charge in [0.25, 0.3) is 11.7 Å². The lowest BCUT2D eigenvalue weighted by Crippen LogP contribution is -2.29. The molecule has 7 heteroatoms. The monoisotopic (exact) mass is 415 g/mol. The van der Waals surface area contributed by atoms with Crippen molar-refractivity contribution in [2.75, 3.05) is 6.61 Å². The van der Waals surface area contributed by atoms with Crippen LogP contribution in [0.3, 0.4) is 0 Å². The number of Topliss-reactive ketones (excluding diaryl/α,β-unsaturated/α-hetero) is 1. The van der Waals surface area contributed by atoms with Gasteiger partial charge in [-0.15, -0.1) is 0 Å². The van der Waals surface area contributed by atoms with E-state index in [4.69, 9.17) is 4.74 Å². The molecule has 3 heterocycles. The summed E-state index contributed by atoms with van der Waals surface area (Å²) >= 11 is 0. The van der Waals surface area contributed by atoms with Crippen LogP contribution in [-0.4, -0.2) is 38.3 Å². The van der Waals surface area contributed by atoms with Gasteiger partial charge in [0.2, 0.25) is 0 Å². The van der Waals surface area contributed by atoms with Gasteiger partial charge in [0.15, 0.2) is 0 Å². The minimum Gasteiger partial charge on any atom is -0.507 e. The predicted octanol–water partition coefficient (Wildman–Crippen LogP) is 3.50. The lowest BCUT2D eigenvalue weighted by Gasteiger charge is -2.24. The number of pyridine rings is 2. The number of likely N-dealkylation sites (tertiary alicyclic amines) is 1. The molecule has 31 heavy (non-hydrogen) atoms. The topological polar surface area (TPSA) is 92.6 Å². The normalized spacial score (nSPS) is 17.7. The number of nitrogens with zero attached hydrogens (tertiary/aromatic N) is 3. The first-order valence-corrected chi connectivity index (χ1v) is 9.91. The molecule has 1 aliphatic rings. The van der Waals surface area contributed by atoms with Crippen molar-refractivity contribution in [3.05, 3.63) is 95.6 Å². The molecule has 1 aliphatic heterocycles. The Labute approximate surface area is 179 Å². The molecular formula is C24H21N3O4. The van der Waals surface area contributed by atoms with Crippen molar-refractivity contribution in [2.45, 2.75) is 19.5 Å². The molecule has 0 saturated carbocycles. The molecular weight excluding hydrogens is 394 g/mol. The number of hydrogen-bond acceptors (Lipinski definition) is 6. The summed E-state index contributed by atoms with van der Waals surface area (Å²) in [6, 6.07) is 14.8. The van der Waals surface area contributed by atoms with Crippen LogP contribution in [0, 0.1) is 0 Å². The average molecular weight is 415 g/mol. The summed E-state index contributed by atoms with van der Waals surface area (Å²) in [4.78, 5) is 35.8. The fourth-order valence-electron chi connectivity index (χ4n) is 3.63. The van der Waals surface area contributed by atoms with E-state index in [9.17, 15) is 14.7 Å². The van der Waals surface area contributed by atoms with Crippen molar-refractivity contribution in [2.24, 2.45) is 0 Å². The second-order valence-corrected chi connectivity index (χ2v) is 7.00. The number of aliphatic hydroxyl groups is 1. The maximum atomic E-state index is 13.0. The van der Waals surface area contributed by atoms with Gasteiger partial charge in [-0.25, -0.2) is 0 Å². The Bertz CT molecular complexity index is 1130. The second kappa shape index (κ2) is 8.79. The second-order valence-electron chi connectivity index (χ2n) is 7.00. The Hall–Kier alpha value is -4.00. The zero-order valence-corrected chi connectivity index (χ0v) is 16.9. The van der Waals surface area contributed by atoms with Crippen LogP contribution in [0.2, 0.25) is 0 Å². The molecule has 1 atom stereocenters. The van der Waals surface area contributed by atoms with Crippen LogP contribution in [0.4, 0.5) is 0 Å². The van der Waals surface area contributed by atoms with Gasteiger partial charge in [-0.2, -0.15) is 0 Å². The van der Waals surface area contributed by atoms with Gasteiger partial charge >= 0.3 is 0 Å². The van der Waals surface area contributed by atoms with Crippen LogP contribution in [-0.2, 0) is 16.1 Å². The zero-order valence-electron chi connectivity index (χ0n) is 16.9. The van der Waals surface area contributed by atoms with E-state index in [0.29, 0.717) is 23.6 Å². The highest BCUT2D eigenvalue weighted by Crippen LogP contribution is 2.39. The van der Waals surface area contributed by atoms with Crippen LogP contribution in [0.1, 0.15) is 29.8 Å². The van der Waals surface area contributed by atoms with Crippen molar-refractivity contribution in [1.82, 2.24) is 14.9 Å². The Kier molecular flexibility index (Phi) is 5.75. The van der Waals surface area contributed by atoms with Crippen molar-refractivity contribution in [3.63, 3.8) is 0 Å². The van der Waals surface area contributed by atoms with Crippen LogP contribution in [0.15, 0.2) is 78.8 Å². The summed E-state index contributed by atoms with van der Waals surface area (Å²) in [7, 11) is 0. The minimum atomic E-state index is -0.815. The lowest BCUT2D eigenvalue weighted by atomic mass is 9.98. The molecule has 1 saturated heterocycles. The number of carbonyl (C=O) groups is 2. The number of aromatic nitrogens is 2. The van der Waals surface area contributed by atoms with E-state index in [0.717, 1.165) is 5.56 Å². The van der Waals surface area contributed by atoms with Gasteiger partial charge in [0.05, 0.1) is 17.9 Å². The molecule has 3 aromatic rings. The van der Waals surface area contributed by atoms with Crippen molar-refractivity contribution >= 4 is 17.4 Å². The van der Waals surface area contributed by atoms with Gasteiger partial charge in [-0.05, 0) is 48.9 Å². The van der Waals surface area contributed by atoms with E-state index in [1.54, 1.807) is 73.2 Å². The van der Waals surface area contributed by atoms with Crippen molar-refractivity contribution < 1.29 is 19.4 Å². The first kappa shape index (κ1) is 20.3. The van der Waals surface area contributed by atoms with Crippen LogP contribution in [0.5, 0.6) is 5.75 Å². The third-order valence-corrected chi connectivity index (χ3v) is 5.03. The fourth-order valence-corrected chi connectivity index (χ4v) is 3.63. The van der Waals surface area contributed by atoms with Gasteiger partial charge in [0.1, 0.15) is 17.6 Å². The average Bonchev–Trinajstić information content (AvgIpc) is 3.05. The smallest absolute Gasteiger partial charge is 0.296 e. The van der Waals surface area contributed by atoms with Crippen LogP contribution >= 0.6 is 0 Å². The van der Waals surface area contributed by atoms with E-state index in [-0.39, 0.29) is 17.9 Å². The molecule has 1 N–H and O–H groups in total. The number of ketones is 1. The van der Waals surface area contributed by atoms with E-state index in [1.807, 2.05) is 6.92 Å². The number of hydrogen-bond donors (Lipinski definition) is 1. The molecule has 4 rings (SSSR count). The highest BCUT2D eigenvalue weighted by molar-refractivity contribution is 6.46. The lowest BCUT2D eigenvalue weighted by molar-refractivity contribution is -0.140. The van der Waals surface area contributed by atoms with Crippen LogP contribution in [0.25, 0.3) is 5.76 Å². The minimum absolute atomic E-state index is 0.00593. The van der Waals surface area contributed by atoms with Gasteiger partial charge in [-0.3, -0.25) is 19.6 Å². The Morgan fingerprint density at radius 1 is 1.06 bits per heavy atom. The van der Waals surface area contributed by atoms with E-state index in [1.165, 1.54) is 4.90 Å². The van der Waals surface area contributed by atoms with E-state index < -0.39 is 17.7 Å². The van der Waals surface area contributed by atoms with Crippen molar-refractivity contribution in [3.8, 4) is 5.75 Å². The Morgan fingerprint density at radius 2 is 1.87 bits per heavy atom. The molecule has 1 amide bonds. The largest absolute Gasteiger partial charge is 0.507 e. The first-order valence-electron chi connectivity index (χ1n) is 9.91. The summed E-state index contributed by atoms with van der Waals surface area (Å²) in [6.07, 6.45) is 4.85. The first-order chi connectivity index (χ1) is 15.1. The van der Waals surface area contributed by atoms with Gasteiger partial charge in [-0.1, -0.05) is 18.2 Å². The SMILES string of the molecule is CCOc1cccc(/C(O)=C2/C(=O)C(=O)N(Cc3ccncc3)C2c2ccccn2)c1. The standard InChI is InChI=1S/C24H21N3O4/c1-2-31-18-7-5-6-17(14-18)22(28)20-21(19-8-3-4-11-26-19)27(24(30)23(20)29)15-16-9-12-25-13-10-16/h3-14,21,28H,2,15H2,1H3/b22-20-. The number of carbonyl (C=O) groups excluding carboxylic acids is 2. The quantitative estimate of drug-likeness (QED) is 0.376. The number of rotatable bonds is 6. The number of benzene rings is 1. The summed E-state index contributed by atoms with van der Waals surface area (Å²) in [5.74, 6) is -1.13. The Morgan fingerprint density at radius 3 is 2.58 bits per heavy atom. The van der Waals surface area contributed by atoms with Crippen molar-refractivity contribution in [1.29, 1.82) is 0 Å². The maximum Gasteiger partial charge on any atom is 0.296 e. The molecule has 156 valence electrons.